The monoisotopic (exact) mass is 82.1 g/mol. The standard InChI is InChI=1S/C4H6N2/c1-6-3-2-5-4-6/h3H,2H2,1H3. The van der Waals surface area contributed by atoms with Crippen LogP contribution in [0.4, 0.5) is 0 Å². The fourth-order valence-corrected chi connectivity index (χ4v) is 0.356. The minimum atomic E-state index is 0.802. The molecule has 0 spiro atoms. The maximum atomic E-state index is 3.78. The molecule has 0 aromatic heterocycles. The van der Waals surface area contributed by atoms with Gasteiger partial charge in [0.2, 0.25) is 0 Å². The van der Waals surface area contributed by atoms with Gasteiger partial charge in [0.25, 0.3) is 0 Å². The Kier molecular flexibility index (Phi) is 0.783. The summed E-state index contributed by atoms with van der Waals surface area (Å²) in [6.45, 7) is 2.76. The largest absolute Gasteiger partial charge is 0.350 e. The first kappa shape index (κ1) is 3.65. The predicted octanol–water partition coefficient (Wildman–Crippen LogP) is -0.00111. The van der Waals surface area contributed by atoms with Crippen LogP contribution in [0.3, 0.4) is 0 Å². The topological polar surface area (TPSA) is 15.6 Å². The Morgan fingerprint density at radius 3 is 3.00 bits per heavy atom. The third kappa shape index (κ3) is 0.506. The molecule has 0 saturated carbocycles. The van der Waals surface area contributed by atoms with Crippen molar-refractivity contribution in [3.63, 3.8) is 0 Å². The molecule has 0 aromatic carbocycles. The van der Waals surface area contributed by atoms with Crippen LogP contribution >= 0.6 is 0 Å². The molecule has 0 aliphatic carbocycles. The molecule has 0 bridgehead atoms. The summed E-state index contributed by atoms with van der Waals surface area (Å²) in [5, 5.41) is 0. The van der Waals surface area contributed by atoms with Crippen LogP contribution in [0.25, 0.3) is 0 Å². The Labute approximate surface area is 37.5 Å². The summed E-state index contributed by atoms with van der Waals surface area (Å²) in [5.74, 6) is 0. The van der Waals surface area contributed by atoms with Crippen molar-refractivity contribution < 1.29 is 0 Å². The van der Waals surface area contributed by atoms with Crippen LogP contribution in [0.2, 0.25) is 0 Å². The lowest BCUT2D eigenvalue weighted by Gasteiger charge is -1.97. The van der Waals surface area contributed by atoms with Crippen LogP contribution in [-0.4, -0.2) is 24.8 Å². The fourth-order valence-electron chi connectivity index (χ4n) is 0.356. The van der Waals surface area contributed by atoms with Crippen molar-refractivity contribution in [1.29, 1.82) is 0 Å². The molecule has 2 nitrogen and oxygen atoms in total. The summed E-state index contributed by atoms with van der Waals surface area (Å²) in [7, 11) is 1.91. The summed E-state index contributed by atoms with van der Waals surface area (Å²) in [6, 6.07) is 0. The maximum Gasteiger partial charge on any atom is 0.167 e. The van der Waals surface area contributed by atoms with Gasteiger partial charge in [0.15, 0.2) is 6.34 Å². The summed E-state index contributed by atoms with van der Waals surface area (Å²) in [6.07, 6.45) is 2.72. The zero-order chi connectivity index (χ0) is 4.41. The van der Waals surface area contributed by atoms with E-state index in [2.05, 4.69) is 11.3 Å². The van der Waals surface area contributed by atoms with E-state index < -0.39 is 0 Å². The van der Waals surface area contributed by atoms with E-state index in [0.29, 0.717) is 0 Å². The molecule has 1 heterocycles. The first-order valence-corrected chi connectivity index (χ1v) is 1.88. The molecule has 0 saturated heterocycles. The Morgan fingerprint density at radius 1 is 2.00 bits per heavy atom. The van der Waals surface area contributed by atoms with E-state index in [1.165, 1.54) is 0 Å². The highest BCUT2D eigenvalue weighted by Gasteiger charge is 1.96. The first-order chi connectivity index (χ1) is 2.89. The molecule has 0 amide bonds. The number of rotatable bonds is 0. The van der Waals surface area contributed by atoms with Gasteiger partial charge < -0.3 is 4.90 Å². The molecule has 0 aromatic rings. The van der Waals surface area contributed by atoms with E-state index in [-0.39, 0.29) is 0 Å². The number of hydrogen-bond donors (Lipinski definition) is 0. The Morgan fingerprint density at radius 2 is 2.83 bits per heavy atom. The van der Waals surface area contributed by atoms with Crippen LogP contribution in [0.5, 0.6) is 0 Å². The highest BCUT2D eigenvalue weighted by Crippen LogP contribution is 1.90. The molecule has 0 fully saturated rings. The highest BCUT2D eigenvalue weighted by atomic mass is 15.2. The number of aliphatic imine (C=N–C) groups is 1. The zero-order valence-corrected chi connectivity index (χ0v) is 3.68. The van der Waals surface area contributed by atoms with Crippen molar-refractivity contribution in [1.82, 2.24) is 4.90 Å². The summed E-state index contributed by atoms with van der Waals surface area (Å²) < 4.78 is 0. The highest BCUT2D eigenvalue weighted by molar-refractivity contribution is 5.57. The third-order valence-electron chi connectivity index (χ3n) is 0.675. The van der Waals surface area contributed by atoms with Gasteiger partial charge in [-0.05, 0) is 0 Å². The molecule has 32 valence electrons. The molecule has 6 heavy (non-hydrogen) atoms. The Balaban J connectivity index is 2.38. The smallest absolute Gasteiger partial charge is 0.167 e. The van der Waals surface area contributed by atoms with Crippen molar-refractivity contribution in [2.75, 3.05) is 13.6 Å². The van der Waals surface area contributed by atoms with E-state index >= 15 is 0 Å². The quantitative estimate of drug-likeness (QED) is 0.401. The van der Waals surface area contributed by atoms with Gasteiger partial charge in [0.05, 0.1) is 13.1 Å². The molecule has 0 unspecified atom stereocenters. The van der Waals surface area contributed by atoms with Crippen molar-refractivity contribution in [3.8, 4) is 0 Å². The van der Waals surface area contributed by atoms with E-state index in [1.807, 2.05) is 18.5 Å². The predicted molar refractivity (Wildman–Crippen MR) is 24.4 cm³/mol. The second-order valence-electron chi connectivity index (χ2n) is 1.23. The molecule has 2 heteroatoms. The van der Waals surface area contributed by atoms with E-state index in [0.717, 1.165) is 6.54 Å². The summed E-state index contributed by atoms with van der Waals surface area (Å²) in [4.78, 5) is 5.60. The molecule has 1 aliphatic rings. The van der Waals surface area contributed by atoms with Gasteiger partial charge in [0, 0.05) is 7.05 Å². The van der Waals surface area contributed by atoms with E-state index in [9.17, 15) is 0 Å². The number of hydrogen-bond acceptors (Lipinski definition) is 2. The molecule has 0 N–H and O–H groups in total. The third-order valence-corrected chi connectivity index (χ3v) is 0.675. The minimum Gasteiger partial charge on any atom is -0.350 e. The second-order valence-corrected chi connectivity index (χ2v) is 1.23. The molecular weight excluding hydrogens is 76.1 g/mol. The van der Waals surface area contributed by atoms with Crippen LogP contribution in [0.15, 0.2) is 4.99 Å². The molecule has 2 radical (unpaired) electrons. The molecule has 0 atom stereocenters. The van der Waals surface area contributed by atoms with Crippen LogP contribution in [0.1, 0.15) is 0 Å². The van der Waals surface area contributed by atoms with Gasteiger partial charge in [0.1, 0.15) is 0 Å². The zero-order valence-electron chi connectivity index (χ0n) is 3.68. The van der Waals surface area contributed by atoms with Gasteiger partial charge in [-0.25, -0.2) is 0 Å². The molecule has 1 rings (SSSR count). The molecule has 1 aliphatic heterocycles. The van der Waals surface area contributed by atoms with Gasteiger partial charge in [-0.15, -0.1) is 0 Å². The normalized spacial score (nSPS) is 19.8. The second kappa shape index (κ2) is 1.29. The van der Waals surface area contributed by atoms with Crippen LogP contribution < -0.4 is 0 Å². The van der Waals surface area contributed by atoms with E-state index in [4.69, 9.17) is 0 Å². The van der Waals surface area contributed by atoms with Crippen LogP contribution in [0, 0.1) is 6.54 Å². The van der Waals surface area contributed by atoms with Crippen molar-refractivity contribution in [2.24, 2.45) is 4.99 Å². The SMILES string of the molecule is CN1[C]=NC[CH]1. The molecular formula is C4H6N2. The first-order valence-electron chi connectivity index (χ1n) is 1.88. The number of nitrogens with zero attached hydrogens (tertiary/aromatic N) is 2. The van der Waals surface area contributed by atoms with Gasteiger partial charge in [-0.2, -0.15) is 0 Å². The van der Waals surface area contributed by atoms with Crippen molar-refractivity contribution in [3.05, 3.63) is 6.54 Å². The van der Waals surface area contributed by atoms with Gasteiger partial charge in [-0.1, -0.05) is 0 Å². The van der Waals surface area contributed by atoms with Crippen molar-refractivity contribution in [2.45, 2.75) is 0 Å². The Bertz CT molecular complexity index is 67.9. The lowest BCUT2D eigenvalue weighted by molar-refractivity contribution is 0.656. The summed E-state index contributed by atoms with van der Waals surface area (Å²) in [5.41, 5.74) is 0. The van der Waals surface area contributed by atoms with Gasteiger partial charge >= 0.3 is 0 Å². The minimum absolute atomic E-state index is 0.802. The van der Waals surface area contributed by atoms with Crippen LogP contribution in [-0.2, 0) is 0 Å². The van der Waals surface area contributed by atoms with Gasteiger partial charge in [-0.3, -0.25) is 4.99 Å². The average molecular weight is 82.1 g/mol. The average Bonchev–Trinajstić information content (AvgIpc) is 1.86. The fraction of sp³-hybridized carbons (Fsp3) is 0.500. The lowest BCUT2D eigenvalue weighted by atomic mass is 10.6. The van der Waals surface area contributed by atoms with Crippen molar-refractivity contribution >= 4 is 6.34 Å². The Hall–Kier alpha value is -0.530. The lowest BCUT2D eigenvalue weighted by Crippen LogP contribution is -2.05. The van der Waals surface area contributed by atoms with E-state index in [1.54, 1.807) is 0 Å². The summed E-state index contributed by atoms with van der Waals surface area (Å²) >= 11 is 0. The maximum absolute atomic E-state index is 3.78. The number of likely N-dealkylation sites (N-methyl/N-ethyl adjacent to an activating group) is 1.